The van der Waals surface area contributed by atoms with Crippen LogP contribution in [0.1, 0.15) is 26.7 Å². The van der Waals surface area contributed by atoms with Crippen LogP contribution in [0.4, 0.5) is 0 Å². The second kappa shape index (κ2) is 2.49. The van der Waals surface area contributed by atoms with E-state index in [-0.39, 0.29) is 0 Å². The Morgan fingerprint density at radius 1 is 1.09 bits per heavy atom. The first kappa shape index (κ1) is 7.11. The summed E-state index contributed by atoms with van der Waals surface area (Å²) in [6.07, 6.45) is 7.55. The molecule has 1 heteroatoms. The van der Waals surface area contributed by atoms with Gasteiger partial charge in [-0.3, -0.25) is 0 Å². The molecule has 2 aliphatic rings. The van der Waals surface area contributed by atoms with Crippen LogP contribution in [-0.2, 0) is 4.74 Å². The lowest BCUT2D eigenvalue weighted by atomic mass is 9.94. The zero-order valence-electron chi connectivity index (χ0n) is 7.13. The molecule has 0 radical (unpaired) electrons. The Labute approximate surface area is 67.7 Å². The minimum atomic E-state index is 0.421. The van der Waals surface area contributed by atoms with Crippen molar-refractivity contribution in [3.05, 3.63) is 23.3 Å². The van der Waals surface area contributed by atoms with Crippen molar-refractivity contribution < 1.29 is 4.74 Å². The molecule has 2 aliphatic carbocycles. The number of rotatable bonds is 2. The summed E-state index contributed by atoms with van der Waals surface area (Å²) >= 11 is 0. The van der Waals surface area contributed by atoms with Gasteiger partial charge in [-0.2, -0.15) is 0 Å². The maximum Gasteiger partial charge on any atom is 0.0803 e. The van der Waals surface area contributed by atoms with Gasteiger partial charge in [0.15, 0.2) is 0 Å². The lowest BCUT2D eigenvalue weighted by Gasteiger charge is -2.31. The fourth-order valence-electron chi connectivity index (χ4n) is 1.60. The topological polar surface area (TPSA) is 9.23 Å². The van der Waals surface area contributed by atoms with Crippen LogP contribution >= 0.6 is 0 Å². The average Bonchev–Trinajstić information content (AvgIpc) is 1.81. The van der Waals surface area contributed by atoms with Crippen molar-refractivity contribution in [1.82, 2.24) is 0 Å². The summed E-state index contributed by atoms with van der Waals surface area (Å²) in [6.45, 7) is 4.31. The van der Waals surface area contributed by atoms with Crippen molar-refractivity contribution in [1.29, 1.82) is 0 Å². The Kier molecular flexibility index (Phi) is 1.61. The molecule has 0 heterocycles. The Bertz CT molecular complexity index is 201. The summed E-state index contributed by atoms with van der Waals surface area (Å²) in [6, 6.07) is 0. The van der Waals surface area contributed by atoms with Gasteiger partial charge in [0.2, 0.25) is 0 Å². The Balaban J connectivity index is 1.77. The van der Waals surface area contributed by atoms with Crippen molar-refractivity contribution in [2.75, 3.05) is 0 Å². The van der Waals surface area contributed by atoms with Crippen LogP contribution in [-0.4, -0.2) is 12.2 Å². The molecule has 60 valence electrons. The molecular weight excluding hydrogens is 136 g/mol. The predicted molar refractivity (Wildman–Crippen MR) is 45.4 cm³/mol. The van der Waals surface area contributed by atoms with Crippen LogP contribution in [0.25, 0.3) is 0 Å². The maximum absolute atomic E-state index is 5.71. The SMILES string of the molecule is CC1=CC(OC2C=C(C)C2)C1. The molecule has 0 spiro atoms. The van der Waals surface area contributed by atoms with Gasteiger partial charge in [-0.05, 0) is 26.7 Å². The van der Waals surface area contributed by atoms with Gasteiger partial charge in [-0.15, -0.1) is 0 Å². The van der Waals surface area contributed by atoms with Crippen molar-refractivity contribution in [2.45, 2.75) is 38.9 Å². The average molecular weight is 150 g/mol. The van der Waals surface area contributed by atoms with Crippen LogP contribution < -0.4 is 0 Å². The predicted octanol–water partition coefficient (Wildman–Crippen LogP) is 2.44. The van der Waals surface area contributed by atoms with Gasteiger partial charge in [0.1, 0.15) is 0 Å². The van der Waals surface area contributed by atoms with E-state index in [1.807, 2.05) is 0 Å². The van der Waals surface area contributed by atoms with Crippen molar-refractivity contribution in [3.8, 4) is 0 Å². The number of hydrogen-bond acceptors (Lipinski definition) is 1. The summed E-state index contributed by atoms with van der Waals surface area (Å²) in [7, 11) is 0. The number of hydrogen-bond donors (Lipinski definition) is 0. The maximum atomic E-state index is 5.71. The molecule has 0 saturated heterocycles. The Morgan fingerprint density at radius 3 is 1.73 bits per heavy atom. The minimum Gasteiger partial charge on any atom is -0.366 e. The quantitative estimate of drug-likeness (QED) is 0.549. The molecule has 0 bridgehead atoms. The Morgan fingerprint density at radius 2 is 1.45 bits per heavy atom. The summed E-state index contributed by atoms with van der Waals surface area (Å²) in [4.78, 5) is 0. The normalized spacial score (nSPS) is 35.1. The van der Waals surface area contributed by atoms with Crippen molar-refractivity contribution in [3.63, 3.8) is 0 Å². The lowest BCUT2D eigenvalue weighted by Crippen LogP contribution is -2.28. The van der Waals surface area contributed by atoms with Gasteiger partial charge < -0.3 is 4.74 Å². The second-order valence-corrected chi connectivity index (χ2v) is 3.65. The smallest absolute Gasteiger partial charge is 0.0803 e. The zero-order valence-corrected chi connectivity index (χ0v) is 7.13. The molecule has 0 aliphatic heterocycles. The van der Waals surface area contributed by atoms with Crippen LogP contribution in [0.15, 0.2) is 23.3 Å². The van der Waals surface area contributed by atoms with Crippen LogP contribution in [0, 0.1) is 0 Å². The van der Waals surface area contributed by atoms with Gasteiger partial charge in [0.05, 0.1) is 12.2 Å². The zero-order chi connectivity index (χ0) is 7.84. The van der Waals surface area contributed by atoms with Gasteiger partial charge in [-0.25, -0.2) is 0 Å². The van der Waals surface area contributed by atoms with E-state index in [1.165, 1.54) is 11.1 Å². The molecular formula is C10H14O. The third-order valence-corrected chi connectivity index (χ3v) is 2.34. The standard InChI is InChI=1S/C10H14O/c1-7-3-9(4-7)11-10-5-8(2)6-10/h3,5,9-10H,4,6H2,1-2H3. The highest BCUT2D eigenvalue weighted by atomic mass is 16.5. The highest BCUT2D eigenvalue weighted by Gasteiger charge is 2.23. The van der Waals surface area contributed by atoms with Crippen molar-refractivity contribution in [2.24, 2.45) is 0 Å². The van der Waals surface area contributed by atoms with Crippen LogP contribution in [0.3, 0.4) is 0 Å². The summed E-state index contributed by atoms with van der Waals surface area (Å²) in [5.74, 6) is 0. The monoisotopic (exact) mass is 150 g/mol. The molecule has 0 saturated carbocycles. The van der Waals surface area contributed by atoms with E-state index in [2.05, 4.69) is 26.0 Å². The molecule has 0 aromatic heterocycles. The third-order valence-electron chi connectivity index (χ3n) is 2.34. The molecule has 0 N–H and O–H groups in total. The second-order valence-electron chi connectivity index (χ2n) is 3.65. The molecule has 2 atom stereocenters. The van der Waals surface area contributed by atoms with E-state index >= 15 is 0 Å². The Hall–Kier alpha value is -0.560. The third kappa shape index (κ3) is 1.38. The fourth-order valence-corrected chi connectivity index (χ4v) is 1.60. The minimum absolute atomic E-state index is 0.421. The largest absolute Gasteiger partial charge is 0.366 e. The van der Waals surface area contributed by atoms with Crippen molar-refractivity contribution >= 4 is 0 Å². The van der Waals surface area contributed by atoms with Gasteiger partial charge >= 0.3 is 0 Å². The van der Waals surface area contributed by atoms with E-state index in [0.29, 0.717) is 12.2 Å². The van der Waals surface area contributed by atoms with Gasteiger partial charge in [0, 0.05) is 0 Å². The summed E-state index contributed by atoms with van der Waals surface area (Å²) in [5.41, 5.74) is 2.94. The van der Waals surface area contributed by atoms with Crippen LogP contribution in [0.5, 0.6) is 0 Å². The molecule has 11 heavy (non-hydrogen) atoms. The van der Waals surface area contributed by atoms with Gasteiger partial charge in [-0.1, -0.05) is 23.3 Å². The van der Waals surface area contributed by atoms with E-state index < -0.39 is 0 Å². The molecule has 1 nitrogen and oxygen atoms in total. The van der Waals surface area contributed by atoms with Gasteiger partial charge in [0.25, 0.3) is 0 Å². The highest BCUT2D eigenvalue weighted by Crippen LogP contribution is 2.28. The first-order valence-corrected chi connectivity index (χ1v) is 4.24. The lowest BCUT2D eigenvalue weighted by molar-refractivity contribution is 0.0211. The highest BCUT2D eigenvalue weighted by molar-refractivity contribution is 5.19. The summed E-state index contributed by atoms with van der Waals surface area (Å²) in [5, 5.41) is 0. The first-order chi connectivity index (χ1) is 5.24. The molecule has 0 aromatic rings. The molecule has 2 unspecified atom stereocenters. The molecule has 0 fully saturated rings. The van der Waals surface area contributed by atoms with E-state index in [9.17, 15) is 0 Å². The van der Waals surface area contributed by atoms with E-state index in [1.54, 1.807) is 0 Å². The summed E-state index contributed by atoms with van der Waals surface area (Å²) < 4.78 is 5.71. The molecule has 2 rings (SSSR count). The molecule has 0 aromatic carbocycles. The number of ether oxygens (including phenoxy) is 1. The fraction of sp³-hybridized carbons (Fsp3) is 0.600. The van der Waals surface area contributed by atoms with Crippen LogP contribution in [0.2, 0.25) is 0 Å². The first-order valence-electron chi connectivity index (χ1n) is 4.24. The van der Waals surface area contributed by atoms with E-state index in [4.69, 9.17) is 4.74 Å². The van der Waals surface area contributed by atoms with E-state index in [0.717, 1.165) is 12.8 Å². The molecule has 0 amide bonds.